The number of carbonyl (C=O) groups excluding carboxylic acids is 1. The second kappa shape index (κ2) is 8.51. The van der Waals surface area contributed by atoms with Crippen molar-refractivity contribution in [1.82, 2.24) is 18.8 Å². The van der Waals surface area contributed by atoms with Gasteiger partial charge in [-0.3, -0.25) is 14.2 Å². The average Bonchev–Trinajstić information content (AvgIpc) is 3.20. The third-order valence-electron chi connectivity index (χ3n) is 5.43. The van der Waals surface area contributed by atoms with E-state index in [-0.39, 0.29) is 37.4 Å². The molecule has 0 saturated carbocycles. The number of methoxy groups -OCH3 is 1. The number of aliphatic hydroxyl groups is 1. The number of halogens is 3. The first-order valence-corrected chi connectivity index (χ1v) is 10.5. The summed E-state index contributed by atoms with van der Waals surface area (Å²) in [7, 11) is 1.55. The SMILES string of the molecule is COc1cccc(-c2nsc3c(=O)n(CC4CCN(C(=O)C(F)(F)F)C(O)C4)cnc23)c1. The summed E-state index contributed by atoms with van der Waals surface area (Å²) < 4.78 is 49.3. The van der Waals surface area contributed by atoms with Crippen LogP contribution in [-0.4, -0.2) is 55.9 Å². The normalized spacial score (nSPS) is 19.3. The highest BCUT2D eigenvalue weighted by Gasteiger charge is 2.46. The molecule has 0 radical (unpaired) electrons. The standard InChI is InChI=1S/C20H19F3N4O4S/c1-31-13-4-2-3-12(8-13)15-16-17(32-25-15)18(29)26(10-24-16)9-11-5-6-27(14(28)7-11)19(30)20(21,22)23/h2-4,8,10-11,14,28H,5-7,9H2,1H3. The summed E-state index contributed by atoms with van der Waals surface area (Å²) in [6.07, 6.45) is -5.06. The number of hydrogen-bond acceptors (Lipinski definition) is 7. The van der Waals surface area contributed by atoms with Crippen LogP contribution in [0.25, 0.3) is 21.5 Å². The quantitative estimate of drug-likeness (QED) is 0.632. The minimum absolute atomic E-state index is 0.0654. The van der Waals surface area contributed by atoms with E-state index in [9.17, 15) is 27.9 Å². The van der Waals surface area contributed by atoms with Gasteiger partial charge in [0.25, 0.3) is 5.56 Å². The molecule has 1 aliphatic rings. The van der Waals surface area contributed by atoms with Gasteiger partial charge in [0.15, 0.2) is 0 Å². The van der Waals surface area contributed by atoms with E-state index in [1.54, 1.807) is 19.2 Å². The molecular weight excluding hydrogens is 449 g/mol. The van der Waals surface area contributed by atoms with E-state index in [0.717, 1.165) is 17.1 Å². The highest BCUT2D eigenvalue weighted by Crippen LogP contribution is 2.30. The number of rotatable bonds is 4. The molecule has 2 unspecified atom stereocenters. The molecule has 1 saturated heterocycles. The lowest BCUT2D eigenvalue weighted by Crippen LogP contribution is -2.51. The van der Waals surface area contributed by atoms with Crippen LogP contribution in [0.5, 0.6) is 5.75 Å². The van der Waals surface area contributed by atoms with E-state index < -0.39 is 18.3 Å². The summed E-state index contributed by atoms with van der Waals surface area (Å²) in [5, 5.41) is 10.0. The molecule has 3 aromatic rings. The van der Waals surface area contributed by atoms with Gasteiger partial charge in [-0.2, -0.15) is 17.5 Å². The van der Waals surface area contributed by atoms with Gasteiger partial charge in [-0.05, 0) is 42.4 Å². The predicted octanol–water partition coefficient (Wildman–Crippen LogP) is 2.65. The lowest BCUT2D eigenvalue weighted by molar-refractivity contribution is -0.198. The fourth-order valence-electron chi connectivity index (χ4n) is 3.80. The van der Waals surface area contributed by atoms with Crippen LogP contribution in [0.4, 0.5) is 13.2 Å². The van der Waals surface area contributed by atoms with Crippen molar-refractivity contribution in [3.05, 3.63) is 40.9 Å². The number of amides is 1. The van der Waals surface area contributed by atoms with Crippen LogP contribution in [0.15, 0.2) is 35.4 Å². The third-order valence-corrected chi connectivity index (χ3v) is 6.26. The molecule has 0 aliphatic carbocycles. The lowest BCUT2D eigenvalue weighted by Gasteiger charge is -2.36. The first-order chi connectivity index (χ1) is 15.2. The van der Waals surface area contributed by atoms with Gasteiger partial charge in [-0.1, -0.05) is 12.1 Å². The average molecular weight is 468 g/mol. The van der Waals surface area contributed by atoms with E-state index in [2.05, 4.69) is 9.36 Å². The molecule has 1 aromatic carbocycles. The molecule has 0 bridgehead atoms. The van der Waals surface area contributed by atoms with Crippen molar-refractivity contribution in [3.63, 3.8) is 0 Å². The second-order valence-electron chi connectivity index (χ2n) is 7.51. The Morgan fingerprint density at radius 2 is 2.16 bits per heavy atom. The van der Waals surface area contributed by atoms with Crippen LogP contribution < -0.4 is 10.3 Å². The van der Waals surface area contributed by atoms with E-state index in [1.165, 1.54) is 10.9 Å². The Hall–Kier alpha value is -2.99. The Morgan fingerprint density at radius 3 is 2.84 bits per heavy atom. The molecule has 3 heterocycles. The lowest BCUT2D eigenvalue weighted by atomic mass is 9.95. The first kappa shape index (κ1) is 22.2. The summed E-state index contributed by atoms with van der Waals surface area (Å²) in [6, 6.07) is 7.23. The van der Waals surface area contributed by atoms with Gasteiger partial charge < -0.3 is 14.7 Å². The zero-order valence-corrected chi connectivity index (χ0v) is 17.7. The van der Waals surface area contributed by atoms with E-state index in [1.807, 2.05) is 12.1 Å². The zero-order chi connectivity index (χ0) is 23.0. The van der Waals surface area contributed by atoms with Crippen LogP contribution in [0.3, 0.4) is 0 Å². The maximum atomic E-state index is 12.9. The molecule has 32 heavy (non-hydrogen) atoms. The molecule has 1 fully saturated rings. The number of likely N-dealkylation sites (tertiary alicyclic amines) is 1. The van der Waals surface area contributed by atoms with Crippen LogP contribution >= 0.6 is 11.5 Å². The van der Waals surface area contributed by atoms with Gasteiger partial charge in [0.2, 0.25) is 0 Å². The summed E-state index contributed by atoms with van der Waals surface area (Å²) in [6.45, 7) is -0.0750. The van der Waals surface area contributed by atoms with Crippen LogP contribution in [0.1, 0.15) is 12.8 Å². The number of aromatic nitrogens is 3. The number of piperidine rings is 1. The summed E-state index contributed by atoms with van der Waals surface area (Å²) in [5.74, 6) is -1.70. The Morgan fingerprint density at radius 1 is 1.38 bits per heavy atom. The monoisotopic (exact) mass is 468 g/mol. The minimum atomic E-state index is -5.04. The van der Waals surface area contributed by atoms with Crippen molar-refractivity contribution in [1.29, 1.82) is 0 Å². The number of alkyl halides is 3. The van der Waals surface area contributed by atoms with E-state index >= 15 is 0 Å². The van der Waals surface area contributed by atoms with E-state index in [0.29, 0.717) is 26.6 Å². The maximum Gasteiger partial charge on any atom is 0.471 e. The number of fused-ring (bicyclic) bond motifs is 1. The Balaban J connectivity index is 1.53. The number of hydrogen-bond donors (Lipinski definition) is 1. The van der Waals surface area contributed by atoms with Crippen molar-refractivity contribution in [3.8, 4) is 17.0 Å². The van der Waals surface area contributed by atoms with Crippen LogP contribution in [-0.2, 0) is 11.3 Å². The largest absolute Gasteiger partial charge is 0.497 e. The van der Waals surface area contributed by atoms with Gasteiger partial charge in [0.1, 0.15) is 27.9 Å². The van der Waals surface area contributed by atoms with Crippen molar-refractivity contribution >= 4 is 27.7 Å². The smallest absolute Gasteiger partial charge is 0.471 e. The molecule has 2 atom stereocenters. The minimum Gasteiger partial charge on any atom is -0.497 e. The zero-order valence-electron chi connectivity index (χ0n) is 16.9. The molecule has 1 N–H and O–H groups in total. The Labute approximate surface area is 184 Å². The third kappa shape index (κ3) is 4.19. The van der Waals surface area contributed by atoms with Gasteiger partial charge in [-0.15, -0.1) is 0 Å². The van der Waals surface area contributed by atoms with Gasteiger partial charge in [-0.25, -0.2) is 4.98 Å². The fourth-order valence-corrected chi connectivity index (χ4v) is 4.61. The van der Waals surface area contributed by atoms with Crippen LogP contribution in [0, 0.1) is 5.92 Å². The van der Waals surface area contributed by atoms with Gasteiger partial charge in [0, 0.05) is 18.7 Å². The summed E-state index contributed by atoms with van der Waals surface area (Å²) in [4.78, 5) is 29.2. The molecule has 2 aromatic heterocycles. The van der Waals surface area contributed by atoms with Crippen LogP contribution in [0.2, 0.25) is 0 Å². The number of benzene rings is 1. The Bertz CT molecular complexity index is 1210. The van der Waals surface area contributed by atoms with E-state index in [4.69, 9.17) is 4.74 Å². The fraction of sp³-hybridized carbons (Fsp3) is 0.400. The molecule has 8 nitrogen and oxygen atoms in total. The highest BCUT2D eigenvalue weighted by atomic mass is 32.1. The molecule has 1 aliphatic heterocycles. The summed E-state index contributed by atoms with van der Waals surface area (Å²) >= 11 is 1.02. The highest BCUT2D eigenvalue weighted by molar-refractivity contribution is 7.13. The second-order valence-corrected chi connectivity index (χ2v) is 8.28. The molecule has 170 valence electrons. The molecule has 12 heteroatoms. The van der Waals surface area contributed by atoms with Crippen molar-refractivity contribution < 1.29 is 27.8 Å². The van der Waals surface area contributed by atoms with Crippen molar-refractivity contribution in [2.75, 3.05) is 13.7 Å². The topological polar surface area (TPSA) is 97.6 Å². The summed E-state index contributed by atoms with van der Waals surface area (Å²) in [5.41, 5.74) is 1.45. The molecule has 0 spiro atoms. The number of aliphatic hydroxyl groups excluding tert-OH is 1. The Kier molecular flexibility index (Phi) is 5.91. The molecule has 1 amide bonds. The van der Waals surface area contributed by atoms with Gasteiger partial charge in [0.05, 0.1) is 13.4 Å². The van der Waals surface area contributed by atoms with Crippen molar-refractivity contribution in [2.45, 2.75) is 31.8 Å². The van der Waals surface area contributed by atoms with Gasteiger partial charge >= 0.3 is 12.1 Å². The number of nitrogens with zero attached hydrogens (tertiary/aromatic N) is 4. The first-order valence-electron chi connectivity index (χ1n) is 9.74. The van der Waals surface area contributed by atoms with Crippen molar-refractivity contribution in [2.24, 2.45) is 5.92 Å². The number of ether oxygens (including phenoxy) is 1. The predicted molar refractivity (Wildman–Crippen MR) is 110 cm³/mol. The number of carbonyl (C=O) groups is 1. The molecule has 4 rings (SSSR count). The maximum absolute atomic E-state index is 12.9. The molecular formula is C20H19F3N4O4S.